The van der Waals surface area contributed by atoms with Gasteiger partial charge in [0.2, 0.25) is 5.91 Å². The largest absolute Gasteiger partial charge is 0.481 e. The number of rotatable bonds is 4. The topological polar surface area (TPSA) is 73.4 Å². The third-order valence-corrected chi connectivity index (χ3v) is 4.50. The molecule has 1 fully saturated rings. The Morgan fingerprint density at radius 1 is 1.32 bits per heavy atom. The predicted molar refractivity (Wildman–Crippen MR) is 97.0 cm³/mol. The maximum atomic E-state index is 13.2. The minimum absolute atomic E-state index is 0. The fraction of sp³-hybridized carbons (Fsp3) is 0.474. The van der Waals surface area contributed by atoms with Gasteiger partial charge in [0, 0.05) is 38.0 Å². The van der Waals surface area contributed by atoms with Gasteiger partial charge in [0.15, 0.2) is 0 Å². The van der Waals surface area contributed by atoms with Crippen molar-refractivity contribution in [3.8, 4) is 0 Å². The first kappa shape index (κ1) is 19.0. The molecular formula is C19H27FN2O3. The smallest absolute Gasteiger partial charge is 0.303 e. The maximum Gasteiger partial charge on any atom is 0.303 e. The van der Waals surface area contributed by atoms with Gasteiger partial charge in [-0.05, 0) is 42.5 Å². The van der Waals surface area contributed by atoms with Gasteiger partial charge in [0.25, 0.3) is 0 Å². The summed E-state index contributed by atoms with van der Waals surface area (Å²) in [7, 11) is 0. The van der Waals surface area contributed by atoms with E-state index in [1.54, 1.807) is 17.2 Å². The maximum absolute atomic E-state index is 13.2. The summed E-state index contributed by atoms with van der Waals surface area (Å²) in [6, 6.07) is 4.49. The predicted octanol–water partition coefficient (Wildman–Crippen LogP) is 3.84. The molecule has 0 atom stereocenters. The second-order valence-electron chi connectivity index (χ2n) is 6.10. The van der Waals surface area contributed by atoms with Crippen molar-refractivity contribution in [1.82, 2.24) is 9.88 Å². The van der Waals surface area contributed by atoms with Gasteiger partial charge in [-0.1, -0.05) is 13.8 Å². The number of carboxylic acid groups (broad SMARTS) is 1. The van der Waals surface area contributed by atoms with Crippen molar-refractivity contribution in [3.05, 3.63) is 35.8 Å². The molecule has 5 nitrogen and oxygen atoms in total. The van der Waals surface area contributed by atoms with E-state index in [1.807, 2.05) is 13.8 Å². The van der Waals surface area contributed by atoms with Crippen LogP contribution in [0.5, 0.6) is 0 Å². The molecule has 0 radical (unpaired) electrons. The highest BCUT2D eigenvalue weighted by Crippen LogP contribution is 2.23. The molecule has 25 heavy (non-hydrogen) atoms. The highest BCUT2D eigenvalue weighted by molar-refractivity contribution is 5.89. The number of halogens is 1. The van der Waals surface area contributed by atoms with Crippen molar-refractivity contribution in [2.75, 3.05) is 13.1 Å². The summed E-state index contributed by atoms with van der Waals surface area (Å²) in [5, 5.41) is 9.68. The van der Waals surface area contributed by atoms with Crippen LogP contribution in [0.1, 0.15) is 40.1 Å². The monoisotopic (exact) mass is 350 g/mol. The van der Waals surface area contributed by atoms with Gasteiger partial charge in [-0.25, -0.2) is 4.39 Å². The lowest BCUT2D eigenvalue weighted by Crippen LogP contribution is -2.39. The Morgan fingerprint density at radius 2 is 2.00 bits per heavy atom. The fourth-order valence-corrected chi connectivity index (χ4v) is 3.21. The molecule has 2 heterocycles. The fourth-order valence-electron chi connectivity index (χ4n) is 3.21. The van der Waals surface area contributed by atoms with Crippen LogP contribution in [0.25, 0.3) is 10.9 Å². The average Bonchev–Trinajstić information content (AvgIpc) is 2.98. The molecule has 1 aliphatic rings. The van der Waals surface area contributed by atoms with E-state index < -0.39 is 5.97 Å². The Morgan fingerprint density at radius 3 is 2.64 bits per heavy atom. The van der Waals surface area contributed by atoms with Gasteiger partial charge >= 0.3 is 5.97 Å². The minimum atomic E-state index is -0.777. The first-order chi connectivity index (χ1) is 12.0. The van der Waals surface area contributed by atoms with Crippen LogP contribution in [0.15, 0.2) is 24.4 Å². The van der Waals surface area contributed by atoms with Crippen LogP contribution in [0.4, 0.5) is 4.39 Å². The Hall–Kier alpha value is -2.37. The summed E-state index contributed by atoms with van der Waals surface area (Å²) in [6.45, 7) is 5.21. The number of carboxylic acids is 1. The molecule has 6 heteroatoms. The molecule has 1 amide bonds. The molecule has 3 rings (SSSR count). The number of nitrogens with one attached hydrogen (secondary N) is 1. The molecule has 2 aromatic rings. The van der Waals surface area contributed by atoms with E-state index in [-0.39, 0.29) is 31.9 Å². The number of hydrogen-bond acceptors (Lipinski definition) is 2. The van der Waals surface area contributed by atoms with Crippen molar-refractivity contribution < 1.29 is 20.5 Å². The molecular weight excluding hydrogens is 323 g/mol. The summed E-state index contributed by atoms with van der Waals surface area (Å²) >= 11 is 0. The molecule has 1 aromatic carbocycles. The van der Waals surface area contributed by atoms with E-state index in [2.05, 4.69) is 4.98 Å². The Kier molecular flexibility index (Phi) is 6.56. The van der Waals surface area contributed by atoms with Gasteiger partial charge < -0.3 is 15.0 Å². The normalized spacial score (nSPS) is 14.9. The van der Waals surface area contributed by atoms with Gasteiger partial charge in [0.05, 0.1) is 6.42 Å². The third kappa shape index (κ3) is 4.81. The number of carbonyl (C=O) groups is 2. The van der Waals surface area contributed by atoms with Crippen LogP contribution in [0.3, 0.4) is 0 Å². The number of aromatic amines is 1. The number of hydrogen-bond donors (Lipinski definition) is 2. The highest BCUT2D eigenvalue weighted by Gasteiger charge is 2.24. The number of piperidine rings is 1. The number of aromatic nitrogens is 1. The molecule has 1 aliphatic heterocycles. The molecule has 1 aromatic heterocycles. The zero-order chi connectivity index (χ0) is 18.4. The molecule has 0 aliphatic carbocycles. The van der Waals surface area contributed by atoms with Crippen molar-refractivity contribution in [3.63, 3.8) is 0 Å². The van der Waals surface area contributed by atoms with E-state index in [9.17, 15) is 14.0 Å². The van der Waals surface area contributed by atoms with Gasteiger partial charge in [0.1, 0.15) is 5.82 Å². The summed E-state index contributed by atoms with van der Waals surface area (Å²) in [5.41, 5.74) is 1.55. The van der Waals surface area contributed by atoms with Crippen molar-refractivity contribution in [2.45, 2.75) is 39.5 Å². The van der Waals surface area contributed by atoms with Crippen LogP contribution in [0, 0.1) is 11.7 Å². The van der Waals surface area contributed by atoms with E-state index in [0.29, 0.717) is 18.6 Å². The van der Waals surface area contributed by atoms with Crippen LogP contribution in [-0.2, 0) is 16.0 Å². The highest BCUT2D eigenvalue weighted by atomic mass is 19.1. The van der Waals surface area contributed by atoms with E-state index in [0.717, 1.165) is 23.8 Å². The number of fused-ring (bicyclic) bond motifs is 1. The molecule has 1 saturated heterocycles. The number of H-pyrrole nitrogens is 1. The number of carbonyl (C=O) groups excluding carboxylic acids is 1. The molecule has 2 N–H and O–H groups in total. The van der Waals surface area contributed by atoms with E-state index >= 15 is 0 Å². The van der Waals surface area contributed by atoms with E-state index in [4.69, 9.17) is 5.11 Å². The number of benzene rings is 1. The Balaban J connectivity index is 0.00000109. The van der Waals surface area contributed by atoms with Crippen molar-refractivity contribution in [1.29, 1.82) is 0 Å². The van der Waals surface area contributed by atoms with Crippen LogP contribution < -0.4 is 0 Å². The average molecular weight is 350 g/mol. The SMILES string of the molecule is CC.O=C(O)CC1CCN(C(=O)Cc2c[nH]c3cc(F)ccc23)CC1.[HH]. The van der Waals surface area contributed by atoms with Crippen molar-refractivity contribution >= 4 is 22.8 Å². The number of amides is 1. The number of nitrogens with zero attached hydrogens (tertiary/aromatic N) is 1. The van der Waals surface area contributed by atoms with Crippen molar-refractivity contribution in [2.24, 2.45) is 5.92 Å². The van der Waals surface area contributed by atoms with Gasteiger partial charge in [-0.15, -0.1) is 0 Å². The van der Waals surface area contributed by atoms with Gasteiger partial charge in [-0.3, -0.25) is 9.59 Å². The number of aliphatic carboxylic acids is 1. The molecule has 0 spiro atoms. The quantitative estimate of drug-likeness (QED) is 0.880. The van der Waals surface area contributed by atoms with Crippen LogP contribution in [-0.4, -0.2) is 40.0 Å². The minimum Gasteiger partial charge on any atom is -0.481 e. The lowest BCUT2D eigenvalue weighted by Gasteiger charge is -2.31. The Bertz CT molecular complexity index is 739. The molecule has 0 unspecified atom stereocenters. The lowest BCUT2D eigenvalue weighted by atomic mass is 9.93. The third-order valence-electron chi connectivity index (χ3n) is 4.50. The first-order valence-electron chi connectivity index (χ1n) is 8.78. The number of likely N-dealkylation sites (tertiary alicyclic amines) is 1. The van der Waals surface area contributed by atoms with Crippen LogP contribution >= 0.6 is 0 Å². The molecule has 0 bridgehead atoms. The summed E-state index contributed by atoms with van der Waals surface area (Å²) < 4.78 is 13.2. The zero-order valence-electron chi connectivity index (χ0n) is 14.7. The summed E-state index contributed by atoms with van der Waals surface area (Å²) in [6.07, 6.45) is 3.67. The molecule has 138 valence electrons. The standard InChI is InChI=1S/C17H19FN2O3.C2H6.H2/c18-13-1-2-14-12(10-19-15(14)9-13)8-16(21)20-5-3-11(4-6-20)7-17(22)23;1-2;/h1-2,9-11,19H,3-8H2,(H,22,23);1-2H3;1H. The lowest BCUT2D eigenvalue weighted by molar-refractivity contribution is -0.138. The van der Waals surface area contributed by atoms with Crippen LogP contribution in [0.2, 0.25) is 0 Å². The summed E-state index contributed by atoms with van der Waals surface area (Å²) in [4.78, 5) is 27.9. The second kappa shape index (κ2) is 8.65. The zero-order valence-corrected chi connectivity index (χ0v) is 14.7. The van der Waals surface area contributed by atoms with E-state index in [1.165, 1.54) is 12.1 Å². The van der Waals surface area contributed by atoms with Gasteiger partial charge in [-0.2, -0.15) is 0 Å². The first-order valence-corrected chi connectivity index (χ1v) is 8.78. The summed E-state index contributed by atoms with van der Waals surface area (Å²) in [5.74, 6) is -0.893. The Labute approximate surface area is 148 Å². The second-order valence-corrected chi connectivity index (χ2v) is 6.10. The molecule has 0 saturated carbocycles.